The minimum absolute atomic E-state index is 0.0945. The first-order valence-corrected chi connectivity index (χ1v) is 9.03. The van der Waals surface area contributed by atoms with Crippen molar-refractivity contribution in [1.29, 1.82) is 0 Å². The minimum atomic E-state index is -0.238. The largest absolute Gasteiger partial charge is 0.348 e. The highest BCUT2D eigenvalue weighted by Gasteiger charge is 2.28. The third-order valence-corrected chi connectivity index (χ3v) is 4.32. The van der Waals surface area contributed by atoms with Crippen LogP contribution in [0.5, 0.6) is 0 Å². The second-order valence-corrected chi connectivity index (χ2v) is 7.65. The summed E-state index contributed by atoms with van der Waals surface area (Å²) in [5.41, 5.74) is 3.25. The summed E-state index contributed by atoms with van der Waals surface area (Å²) >= 11 is 0. The van der Waals surface area contributed by atoms with Crippen LogP contribution in [0.25, 0.3) is 0 Å². The lowest BCUT2D eigenvalue weighted by atomic mass is 9.95. The Morgan fingerprint density at radius 3 is 2.36 bits per heavy atom. The quantitative estimate of drug-likeness (QED) is 0.517. The molecule has 1 aliphatic heterocycles. The number of ether oxygens (including phenoxy) is 2. The highest BCUT2D eigenvalue weighted by molar-refractivity contribution is 5.97. The zero-order chi connectivity index (χ0) is 18.3. The van der Waals surface area contributed by atoms with Crippen molar-refractivity contribution < 1.29 is 14.3 Å². The van der Waals surface area contributed by atoms with Gasteiger partial charge in [0.25, 0.3) is 0 Å². The molecule has 3 nitrogen and oxygen atoms in total. The summed E-state index contributed by atoms with van der Waals surface area (Å²) in [5.74, 6) is 0.294. The number of allylic oxidation sites excluding steroid dienone is 9. The van der Waals surface area contributed by atoms with Crippen molar-refractivity contribution >= 4 is 5.78 Å². The molecule has 0 N–H and O–H groups in total. The van der Waals surface area contributed by atoms with Crippen LogP contribution in [-0.2, 0) is 14.3 Å². The minimum Gasteiger partial charge on any atom is -0.348 e. The number of ketones is 1. The van der Waals surface area contributed by atoms with Crippen LogP contribution >= 0.6 is 0 Å². The van der Waals surface area contributed by atoms with E-state index in [4.69, 9.17) is 9.47 Å². The molecule has 136 valence electrons. The van der Waals surface area contributed by atoms with E-state index in [1.807, 2.05) is 56.4 Å². The molecule has 1 saturated heterocycles. The average Bonchev–Trinajstić information content (AvgIpc) is 2.96. The van der Waals surface area contributed by atoms with Gasteiger partial charge in [-0.25, -0.2) is 0 Å². The lowest BCUT2D eigenvalue weighted by Crippen LogP contribution is -2.38. The van der Waals surface area contributed by atoms with Gasteiger partial charge in [0.05, 0.1) is 13.2 Å². The van der Waals surface area contributed by atoms with E-state index >= 15 is 0 Å². The molecule has 1 aliphatic carbocycles. The van der Waals surface area contributed by atoms with Gasteiger partial charge in [-0.2, -0.15) is 0 Å². The molecule has 0 spiro atoms. The SMILES string of the molecule is CC(=C/C=C/C=C(/C)C1OCC(C)(C)CO1)/C=C/C=C1\CCCC1=O. The van der Waals surface area contributed by atoms with E-state index in [9.17, 15) is 4.79 Å². The summed E-state index contributed by atoms with van der Waals surface area (Å²) in [6.07, 6.45) is 16.4. The van der Waals surface area contributed by atoms with E-state index < -0.39 is 0 Å². The fourth-order valence-corrected chi connectivity index (χ4v) is 2.74. The summed E-state index contributed by atoms with van der Waals surface area (Å²) in [6, 6.07) is 0. The van der Waals surface area contributed by atoms with Crippen LogP contribution in [0.1, 0.15) is 47.0 Å². The van der Waals surface area contributed by atoms with Gasteiger partial charge in [-0.15, -0.1) is 0 Å². The van der Waals surface area contributed by atoms with Crippen LogP contribution in [0.3, 0.4) is 0 Å². The van der Waals surface area contributed by atoms with Gasteiger partial charge in [0.2, 0.25) is 0 Å². The topological polar surface area (TPSA) is 35.5 Å². The van der Waals surface area contributed by atoms with Crippen molar-refractivity contribution in [3.8, 4) is 0 Å². The van der Waals surface area contributed by atoms with Crippen LogP contribution in [0.15, 0.2) is 59.3 Å². The second kappa shape index (κ2) is 9.12. The maximum atomic E-state index is 11.5. The molecular formula is C22H30O3. The molecule has 2 rings (SSSR count). The first-order chi connectivity index (χ1) is 11.9. The molecule has 0 atom stereocenters. The molecule has 2 fully saturated rings. The van der Waals surface area contributed by atoms with E-state index in [-0.39, 0.29) is 11.7 Å². The third-order valence-electron chi connectivity index (χ3n) is 4.32. The molecule has 0 bridgehead atoms. The van der Waals surface area contributed by atoms with Crippen molar-refractivity contribution in [2.24, 2.45) is 5.41 Å². The number of rotatable bonds is 5. The van der Waals surface area contributed by atoms with Crippen LogP contribution in [0.2, 0.25) is 0 Å². The Morgan fingerprint density at radius 2 is 1.72 bits per heavy atom. The summed E-state index contributed by atoms with van der Waals surface area (Å²) < 4.78 is 11.5. The predicted molar refractivity (Wildman–Crippen MR) is 102 cm³/mol. The van der Waals surface area contributed by atoms with Crippen molar-refractivity contribution in [2.45, 2.75) is 53.2 Å². The molecule has 0 aromatic rings. The fraction of sp³-hybridized carbons (Fsp3) is 0.500. The molecule has 1 heterocycles. The van der Waals surface area contributed by atoms with Crippen molar-refractivity contribution in [3.63, 3.8) is 0 Å². The van der Waals surface area contributed by atoms with Crippen LogP contribution in [0.4, 0.5) is 0 Å². The highest BCUT2D eigenvalue weighted by atomic mass is 16.7. The van der Waals surface area contributed by atoms with Gasteiger partial charge < -0.3 is 9.47 Å². The lowest BCUT2D eigenvalue weighted by Gasteiger charge is -2.34. The smallest absolute Gasteiger partial charge is 0.179 e. The Hall–Kier alpha value is -1.71. The Bertz CT molecular complexity index is 620. The predicted octanol–water partition coefficient (Wildman–Crippen LogP) is 5.07. The van der Waals surface area contributed by atoms with Crippen LogP contribution in [0, 0.1) is 5.41 Å². The van der Waals surface area contributed by atoms with E-state index in [0.717, 1.165) is 29.6 Å². The zero-order valence-electron chi connectivity index (χ0n) is 15.9. The molecule has 2 aliphatic rings. The van der Waals surface area contributed by atoms with Crippen molar-refractivity contribution in [1.82, 2.24) is 0 Å². The maximum absolute atomic E-state index is 11.5. The van der Waals surface area contributed by atoms with E-state index in [1.54, 1.807) is 0 Å². The van der Waals surface area contributed by atoms with Gasteiger partial charge in [-0.3, -0.25) is 4.79 Å². The Morgan fingerprint density at radius 1 is 1.04 bits per heavy atom. The van der Waals surface area contributed by atoms with Gasteiger partial charge in [0, 0.05) is 11.8 Å². The van der Waals surface area contributed by atoms with E-state index in [2.05, 4.69) is 13.8 Å². The summed E-state index contributed by atoms with van der Waals surface area (Å²) in [4.78, 5) is 11.5. The standard InChI is InChI=1S/C22H30O3/c1-17(10-7-12-19-13-8-14-20(19)23)9-5-6-11-18(2)21-24-15-22(3,4)16-25-21/h5-7,9-12,21H,8,13-16H2,1-4H3/b6-5+,10-7+,17-9-,18-11-,19-12+. The zero-order valence-corrected chi connectivity index (χ0v) is 15.9. The highest BCUT2D eigenvalue weighted by Crippen LogP contribution is 2.25. The van der Waals surface area contributed by atoms with Crippen molar-refractivity contribution in [3.05, 3.63) is 59.3 Å². The van der Waals surface area contributed by atoms with E-state index in [1.165, 1.54) is 0 Å². The molecule has 25 heavy (non-hydrogen) atoms. The van der Waals surface area contributed by atoms with Crippen LogP contribution < -0.4 is 0 Å². The Labute approximate surface area is 151 Å². The Kier molecular flexibility index (Phi) is 7.15. The van der Waals surface area contributed by atoms with Gasteiger partial charge in [-0.1, -0.05) is 62.0 Å². The molecule has 0 aromatic heterocycles. The van der Waals surface area contributed by atoms with Crippen LogP contribution in [-0.4, -0.2) is 25.3 Å². The monoisotopic (exact) mass is 342 g/mol. The molecule has 0 unspecified atom stereocenters. The number of carbonyl (C=O) groups excluding carboxylic acids is 1. The summed E-state index contributed by atoms with van der Waals surface area (Å²) in [7, 11) is 0. The molecule has 0 amide bonds. The van der Waals surface area contributed by atoms with E-state index in [0.29, 0.717) is 25.4 Å². The third kappa shape index (κ3) is 6.60. The Balaban J connectivity index is 1.82. The molecule has 0 aromatic carbocycles. The van der Waals surface area contributed by atoms with Gasteiger partial charge in [0.1, 0.15) is 0 Å². The first kappa shape index (κ1) is 19.6. The molecular weight excluding hydrogens is 312 g/mol. The number of carbonyl (C=O) groups is 1. The number of hydrogen-bond acceptors (Lipinski definition) is 3. The second-order valence-electron chi connectivity index (χ2n) is 7.65. The average molecular weight is 342 g/mol. The molecule has 1 saturated carbocycles. The van der Waals surface area contributed by atoms with Gasteiger partial charge >= 0.3 is 0 Å². The maximum Gasteiger partial charge on any atom is 0.179 e. The normalized spacial score (nSPS) is 25.0. The number of Topliss-reactive ketones (excluding diaryl/α,β-unsaturated/α-hetero) is 1. The molecule has 0 radical (unpaired) electrons. The molecule has 3 heteroatoms. The first-order valence-electron chi connectivity index (χ1n) is 9.03. The van der Waals surface area contributed by atoms with Crippen molar-refractivity contribution in [2.75, 3.05) is 13.2 Å². The van der Waals surface area contributed by atoms with Gasteiger partial charge in [0.15, 0.2) is 12.1 Å². The van der Waals surface area contributed by atoms with Gasteiger partial charge in [-0.05, 0) is 37.8 Å². The lowest BCUT2D eigenvalue weighted by molar-refractivity contribution is -0.202. The summed E-state index contributed by atoms with van der Waals surface area (Å²) in [6.45, 7) is 9.78. The summed E-state index contributed by atoms with van der Waals surface area (Å²) in [5, 5.41) is 0. The number of hydrogen-bond donors (Lipinski definition) is 0. The fourth-order valence-electron chi connectivity index (χ4n) is 2.74.